The van der Waals surface area contributed by atoms with Crippen LogP contribution < -0.4 is 0 Å². The van der Waals surface area contributed by atoms with Gasteiger partial charge in [0.05, 0.1) is 6.26 Å². The molecule has 0 bridgehead atoms. The van der Waals surface area contributed by atoms with Crippen molar-refractivity contribution in [1.29, 1.82) is 0 Å². The first-order valence-electron chi connectivity index (χ1n) is 5.42. The van der Waals surface area contributed by atoms with Crippen molar-refractivity contribution in [2.45, 2.75) is 57.7 Å². The second-order valence-electron chi connectivity index (χ2n) is 3.56. The van der Waals surface area contributed by atoms with Crippen molar-refractivity contribution in [3.8, 4) is 0 Å². The van der Waals surface area contributed by atoms with Crippen molar-refractivity contribution in [3.05, 3.63) is 12.3 Å². The summed E-state index contributed by atoms with van der Waals surface area (Å²) in [5.74, 6) is 0. The fourth-order valence-electron chi connectivity index (χ4n) is 1.37. The van der Waals surface area contributed by atoms with Gasteiger partial charge in [0.25, 0.3) is 0 Å². The van der Waals surface area contributed by atoms with Crippen LogP contribution in [0.15, 0.2) is 12.3 Å². The molecule has 0 spiro atoms. The highest BCUT2D eigenvalue weighted by Crippen LogP contribution is 2.09. The number of allylic oxidation sites excluding steroid dienone is 1. The van der Waals surface area contributed by atoms with E-state index in [2.05, 4.69) is 0 Å². The van der Waals surface area contributed by atoms with Gasteiger partial charge in [-0.05, 0) is 25.7 Å². The van der Waals surface area contributed by atoms with Gasteiger partial charge >= 0.3 is 0 Å². The maximum absolute atomic E-state index is 8.58. The molecule has 0 heterocycles. The van der Waals surface area contributed by atoms with Crippen LogP contribution in [-0.4, -0.2) is 21.6 Å². The fraction of sp³-hybridized carbons (Fsp3) is 0.818. The van der Waals surface area contributed by atoms with Gasteiger partial charge in [-0.15, -0.1) is 0 Å². The summed E-state index contributed by atoms with van der Waals surface area (Å²) in [6.07, 6.45) is 9.82. The summed E-state index contributed by atoms with van der Waals surface area (Å²) in [5.41, 5.74) is 0. The van der Waals surface area contributed by atoms with Gasteiger partial charge in [-0.2, -0.15) is 0 Å². The van der Waals surface area contributed by atoms with E-state index < -0.39 is 6.29 Å². The van der Waals surface area contributed by atoms with Crippen LogP contribution in [0.2, 0.25) is 0 Å². The lowest BCUT2D eigenvalue weighted by molar-refractivity contribution is -0.0466. The zero-order chi connectivity index (χ0) is 10.6. The Morgan fingerprint density at radius 2 is 1.43 bits per heavy atom. The lowest BCUT2D eigenvalue weighted by atomic mass is 10.1. The zero-order valence-corrected chi connectivity index (χ0v) is 8.73. The molecular weight excluding hydrogens is 180 g/mol. The maximum atomic E-state index is 8.58. The van der Waals surface area contributed by atoms with Crippen molar-refractivity contribution < 1.29 is 15.3 Å². The Morgan fingerprint density at radius 1 is 0.857 bits per heavy atom. The molecule has 0 saturated heterocycles. The topological polar surface area (TPSA) is 60.7 Å². The average molecular weight is 202 g/mol. The van der Waals surface area contributed by atoms with E-state index in [0.29, 0.717) is 6.42 Å². The SMILES string of the molecule is OC=CCCCCCCCCC(O)O. The van der Waals surface area contributed by atoms with E-state index in [1.54, 1.807) is 6.08 Å². The molecular formula is C11H22O3. The molecule has 0 fully saturated rings. The third kappa shape index (κ3) is 11.5. The van der Waals surface area contributed by atoms with E-state index in [0.717, 1.165) is 38.4 Å². The van der Waals surface area contributed by atoms with Crippen molar-refractivity contribution in [3.63, 3.8) is 0 Å². The molecule has 0 aromatic heterocycles. The number of hydrogen-bond donors (Lipinski definition) is 3. The van der Waals surface area contributed by atoms with Crippen LogP contribution in [0.5, 0.6) is 0 Å². The van der Waals surface area contributed by atoms with Gasteiger partial charge in [-0.3, -0.25) is 0 Å². The molecule has 0 radical (unpaired) electrons. The van der Waals surface area contributed by atoms with Crippen LogP contribution in [0.4, 0.5) is 0 Å². The molecule has 0 atom stereocenters. The Hall–Kier alpha value is -0.540. The molecule has 0 amide bonds. The van der Waals surface area contributed by atoms with Crippen molar-refractivity contribution in [2.75, 3.05) is 0 Å². The quantitative estimate of drug-likeness (QED) is 0.306. The number of unbranched alkanes of at least 4 members (excludes halogenated alkanes) is 6. The molecule has 84 valence electrons. The lowest BCUT2D eigenvalue weighted by Crippen LogP contribution is -2.02. The zero-order valence-electron chi connectivity index (χ0n) is 8.73. The van der Waals surface area contributed by atoms with Crippen LogP contribution in [-0.2, 0) is 0 Å². The summed E-state index contributed by atoms with van der Waals surface area (Å²) < 4.78 is 0. The molecule has 0 aliphatic heterocycles. The predicted molar refractivity (Wildman–Crippen MR) is 56.9 cm³/mol. The molecule has 14 heavy (non-hydrogen) atoms. The second-order valence-corrected chi connectivity index (χ2v) is 3.56. The van der Waals surface area contributed by atoms with Crippen LogP contribution in [0.3, 0.4) is 0 Å². The first kappa shape index (κ1) is 13.5. The fourth-order valence-corrected chi connectivity index (χ4v) is 1.37. The van der Waals surface area contributed by atoms with Gasteiger partial charge < -0.3 is 15.3 Å². The highest BCUT2D eigenvalue weighted by Gasteiger charge is 1.96. The van der Waals surface area contributed by atoms with Gasteiger partial charge in [0.2, 0.25) is 0 Å². The van der Waals surface area contributed by atoms with Gasteiger partial charge in [0.1, 0.15) is 0 Å². The first-order chi connectivity index (χ1) is 6.77. The van der Waals surface area contributed by atoms with E-state index >= 15 is 0 Å². The van der Waals surface area contributed by atoms with Crippen molar-refractivity contribution >= 4 is 0 Å². The van der Waals surface area contributed by atoms with E-state index in [1.165, 1.54) is 12.8 Å². The number of hydrogen-bond acceptors (Lipinski definition) is 3. The van der Waals surface area contributed by atoms with Gasteiger partial charge in [-0.1, -0.05) is 31.8 Å². The Labute approximate surface area is 86.1 Å². The number of aliphatic hydroxyl groups excluding tert-OH is 2. The number of aliphatic hydroxyl groups is 3. The van der Waals surface area contributed by atoms with Crippen LogP contribution in [0.1, 0.15) is 51.4 Å². The summed E-state index contributed by atoms with van der Waals surface area (Å²) >= 11 is 0. The van der Waals surface area contributed by atoms with E-state index in [1.807, 2.05) is 0 Å². The maximum Gasteiger partial charge on any atom is 0.151 e. The summed E-state index contributed by atoms with van der Waals surface area (Å²) in [4.78, 5) is 0. The Balaban J connectivity index is 2.92. The Kier molecular flexibility index (Phi) is 10.1. The normalized spacial score (nSPS) is 11.6. The minimum atomic E-state index is -1.13. The first-order valence-corrected chi connectivity index (χ1v) is 5.42. The lowest BCUT2D eigenvalue weighted by Gasteiger charge is -2.02. The van der Waals surface area contributed by atoms with Crippen molar-refractivity contribution in [1.82, 2.24) is 0 Å². The summed E-state index contributed by atoms with van der Waals surface area (Å²) in [5, 5.41) is 25.5. The predicted octanol–water partition coefficient (Wildman–Crippen LogP) is 2.49. The smallest absolute Gasteiger partial charge is 0.151 e. The highest BCUT2D eigenvalue weighted by molar-refractivity contribution is 4.70. The molecule has 0 aromatic rings. The van der Waals surface area contributed by atoms with Crippen LogP contribution >= 0.6 is 0 Å². The molecule has 0 aromatic carbocycles. The Bertz CT molecular complexity index is 132. The summed E-state index contributed by atoms with van der Waals surface area (Å²) in [6, 6.07) is 0. The molecule has 3 heteroatoms. The standard InChI is InChI=1S/C11H22O3/c12-10-8-6-4-2-1-3-5-7-9-11(13)14/h8,10-14H,1-7,9H2. The largest absolute Gasteiger partial charge is 0.516 e. The van der Waals surface area contributed by atoms with Crippen LogP contribution in [0.25, 0.3) is 0 Å². The van der Waals surface area contributed by atoms with Gasteiger partial charge in [-0.25, -0.2) is 0 Å². The second kappa shape index (κ2) is 10.5. The highest BCUT2D eigenvalue weighted by atomic mass is 16.5. The molecule has 0 aliphatic carbocycles. The van der Waals surface area contributed by atoms with E-state index in [4.69, 9.17) is 15.3 Å². The summed E-state index contributed by atoms with van der Waals surface area (Å²) in [6.45, 7) is 0. The van der Waals surface area contributed by atoms with Crippen LogP contribution in [0, 0.1) is 0 Å². The summed E-state index contributed by atoms with van der Waals surface area (Å²) in [7, 11) is 0. The Morgan fingerprint density at radius 3 is 2.00 bits per heavy atom. The average Bonchev–Trinajstić information content (AvgIpc) is 2.15. The molecule has 0 aliphatic rings. The third-order valence-electron chi connectivity index (χ3n) is 2.19. The minimum Gasteiger partial charge on any atom is -0.516 e. The molecule has 0 unspecified atom stereocenters. The molecule has 0 rings (SSSR count). The molecule has 0 saturated carbocycles. The van der Waals surface area contributed by atoms with E-state index in [-0.39, 0.29) is 0 Å². The minimum absolute atomic E-state index is 0.493. The van der Waals surface area contributed by atoms with Crippen molar-refractivity contribution in [2.24, 2.45) is 0 Å². The van der Waals surface area contributed by atoms with Gasteiger partial charge in [0.15, 0.2) is 6.29 Å². The van der Waals surface area contributed by atoms with Gasteiger partial charge in [0, 0.05) is 0 Å². The number of rotatable bonds is 9. The molecule has 3 nitrogen and oxygen atoms in total. The third-order valence-corrected chi connectivity index (χ3v) is 2.19. The molecule has 3 N–H and O–H groups in total. The monoisotopic (exact) mass is 202 g/mol. The van der Waals surface area contributed by atoms with E-state index in [9.17, 15) is 0 Å².